The quantitative estimate of drug-likeness (QED) is 0.294. The summed E-state index contributed by atoms with van der Waals surface area (Å²) >= 11 is 0. The molecule has 0 saturated heterocycles. The molecular formula is C11H25N3O. The molecule has 4 heteroatoms. The Morgan fingerprint density at radius 3 is 2.40 bits per heavy atom. The SMILES string of the molecule is CCN(CCC(C)C)CC(C)C(N)=NO. The van der Waals surface area contributed by atoms with E-state index in [1.54, 1.807) is 0 Å². The molecule has 3 N–H and O–H groups in total. The number of hydrogen-bond donors (Lipinski definition) is 2. The fourth-order valence-electron chi connectivity index (χ4n) is 1.40. The van der Waals surface area contributed by atoms with Crippen LogP contribution in [0, 0.1) is 11.8 Å². The molecule has 1 unspecified atom stereocenters. The summed E-state index contributed by atoms with van der Waals surface area (Å²) in [5.41, 5.74) is 5.55. The highest BCUT2D eigenvalue weighted by atomic mass is 16.4. The molecule has 90 valence electrons. The van der Waals surface area contributed by atoms with E-state index in [-0.39, 0.29) is 5.92 Å². The van der Waals surface area contributed by atoms with Crippen LogP contribution in [0.15, 0.2) is 5.16 Å². The van der Waals surface area contributed by atoms with Crippen molar-refractivity contribution >= 4 is 5.84 Å². The number of amidine groups is 1. The Hall–Kier alpha value is -0.770. The van der Waals surface area contributed by atoms with Crippen LogP contribution in [0.2, 0.25) is 0 Å². The lowest BCUT2D eigenvalue weighted by Gasteiger charge is -2.24. The molecule has 0 saturated carbocycles. The van der Waals surface area contributed by atoms with Gasteiger partial charge >= 0.3 is 0 Å². The van der Waals surface area contributed by atoms with Gasteiger partial charge in [-0.25, -0.2) is 0 Å². The zero-order chi connectivity index (χ0) is 11.8. The molecule has 0 aromatic carbocycles. The molecule has 0 amide bonds. The average molecular weight is 215 g/mol. The van der Waals surface area contributed by atoms with E-state index in [0.717, 1.165) is 25.6 Å². The lowest BCUT2D eigenvalue weighted by molar-refractivity contribution is 0.251. The zero-order valence-corrected chi connectivity index (χ0v) is 10.4. The van der Waals surface area contributed by atoms with Gasteiger partial charge in [-0.1, -0.05) is 32.9 Å². The fourth-order valence-corrected chi connectivity index (χ4v) is 1.40. The number of oxime groups is 1. The Bertz CT molecular complexity index is 192. The Balaban J connectivity index is 3.98. The van der Waals surface area contributed by atoms with E-state index >= 15 is 0 Å². The van der Waals surface area contributed by atoms with E-state index in [9.17, 15) is 0 Å². The summed E-state index contributed by atoms with van der Waals surface area (Å²) in [5.74, 6) is 1.15. The van der Waals surface area contributed by atoms with Gasteiger partial charge in [0.1, 0.15) is 5.84 Å². The normalized spacial score (nSPS) is 14.9. The lowest BCUT2D eigenvalue weighted by atomic mass is 10.1. The highest BCUT2D eigenvalue weighted by Crippen LogP contribution is 2.05. The molecule has 0 rings (SSSR count). The average Bonchev–Trinajstić information content (AvgIpc) is 2.22. The first-order valence-corrected chi connectivity index (χ1v) is 5.71. The van der Waals surface area contributed by atoms with Crippen molar-refractivity contribution in [2.24, 2.45) is 22.7 Å². The highest BCUT2D eigenvalue weighted by Gasteiger charge is 2.12. The van der Waals surface area contributed by atoms with Crippen LogP contribution in [-0.4, -0.2) is 35.6 Å². The highest BCUT2D eigenvalue weighted by molar-refractivity contribution is 5.82. The van der Waals surface area contributed by atoms with Crippen molar-refractivity contribution in [1.82, 2.24) is 4.90 Å². The van der Waals surface area contributed by atoms with Crippen LogP contribution in [0.4, 0.5) is 0 Å². The van der Waals surface area contributed by atoms with Gasteiger partial charge in [-0.3, -0.25) is 0 Å². The van der Waals surface area contributed by atoms with Gasteiger partial charge in [-0.2, -0.15) is 0 Å². The molecule has 0 aliphatic carbocycles. The van der Waals surface area contributed by atoms with Crippen LogP contribution in [0.25, 0.3) is 0 Å². The van der Waals surface area contributed by atoms with Crippen LogP contribution in [-0.2, 0) is 0 Å². The van der Waals surface area contributed by atoms with E-state index in [1.165, 1.54) is 6.42 Å². The third-order valence-electron chi connectivity index (χ3n) is 2.62. The van der Waals surface area contributed by atoms with Crippen molar-refractivity contribution in [3.8, 4) is 0 Å². The third kappa shape index (κ3) is 6.33. The molecule has 15 heavy (non-hydrogen) atoms. The molecule has 0 radical (unpaired) electrons. The maximum Gasteiger partial charge on any atom is 0.143 e. The Labute approximate surface area is 93.1 Å². The summed E-state index contributed by atoms with van der Waals surface area (Å²) in [7, 11) is 0. The molecule has 0 aromatic rings. The van der Waals surface area contributed by atoms with Crippen molar-refractivity contribution in [3.05, 3.63) is 0 Å². The fraction of sp³-hybridized carbons (Fsp3) is 0.909. The molecule has 4 nitrogen and oxygen atoms in total. The van der Waals surface area contributed by atoms with Crippen LogP contribution in [0.5, 0.6) is 0 Å². The van der Waals surface area contributed by atoms with Gasteiger partial charge < -0.3 is 15.8 Å². The Kier molecular flexibility index (Phi) is 7.13. The van der Waals surface area contributed by atoms with Gasteiger partial charge in [-0.05, 0) is 25.4 Å². The Morgan fingerprint density at radius 1 is 1.40 bits per heavy atom. The molecule has 0 aromatic heterocycles. The van der Waals surface area contributed by atoms with E-state index in [2.05, 4.69) is 30.8 Å². The van der Waals surface area contributed by atoms with Gasteiger partial charge in [0.15, 0.2) is 0 Å². The number of rotatable bonds is 7. The van der Waals surface area contributed by atoms with Crippen molar-refractivity contribution < 1.29 is 5.21 Å². The number of hydrogen-bond acceptors (Lipinski definition) is 3. The van der Waals surface area contributed by atoms with Gasteiger partial charge in [0.2, 0.25) is 0 Å². The molecule has 0 fully saturated rings. The standard InChI is InChI=1S/C11H25N3O/c1-5-14(7-6-9(2)3)8-10(4)11(12)13-15/h9-10,15H,5-8H2,1-4H3,(H2,12,13). The second-order valence-electron chi connectivity index (χ2n) is 4.50. The number of nitrogens with zero attached hydrogens (tertiary/aromatic N) is 2. The Morgan fingerprint density at radius 2 is 2.00 bits per heavy atom. The molecule has 1 atom stereocenters. The van der Waals surface area contributed by atoms with Crippen LogP contribution < -0.4 is 5.73 Å². The van der Waals surface area contributed by atoms with Crippen LogP contribution in [0.1, 0.15) is 34.1 Å². The first-order valence-electron chi connectivity index (χ1n) is 5.71. The largest absolute Gasteiger partial charge is 0.409 e. The summed E-state index contributed by atoms with van der Waals surface area (Å²) in [6.07, 6.45) is 1.19. The van der Waals surface area contributed by atoms with Crippen LogP contribution in [0.3, 0.4) is 0 Å². The first kappa shape index (κ1) is 14.2. The van der Waals surface area contributed by atoms with E-state index < -0.39 is 0 Å². The molecule has 0 aliphatic rings. The van der Waals surface area contributed by atoms with Gasteiger partial charge in [0, 0.05) is 12.5 Å². The first-order chi connectivity index (χ1) is 7.01. The van der Waals surface area contributed by atoms with Gasteiger partial charge in [0.05, 0.1) is 0 Å². The predicted molar refractivity (Wildman–Crippen MR) is 64.1 cm³/mol. The minimum absolute atomic E-state index is 0.113. The van der Waals surface area contributed by atoms with E-state index in [1.807, 2.05) is 6.92 Å². The van der Waals surface area contributed by atoms with Crippen LogP contribution >= 0.6 is 0 Å². The summed E-state index contributed by atoms with van der Waals surface area (Å²) < 4.78 is 0. The summed E-state index contributed by atoms with van der Waals surface area (Å²) in [4.78, 5) is 2.34. The third-order valence-corrected chi connectivity index (χ3v) is 2.62. The summed E-state index contributed by atoms with van der Waals surface area (Å²) in [6.45, 7) is 11.5. The maximum absolute atomic E-state index is 8.55. The molecule has 0 heterocycles. The topological polar surface area (TPSA) is 61.8 Å². The lowest BCUT2D eigenvalue weighted by Crippen LogP contribution is -2.35. The van der Waals surface area contributed by atoms with E-state index in [0.29, 0.717) is 5.84 Å². The molecular weight excluding hydrogens is 190 g/mol. The second-order valence-corrected chi connectivity index (χ2v) is 4.50. The van der Waals surface area contributed by atoms with Gasteiger partial charge in [0.25, 0.3) is 0 Å². The minimum Gasteiger partial charge on any atom is -0.409 e. The summed E-state index contributed by atoms with van der Waals surface area (Å²) in [5, 5.41) is 11.6. The maximum atomic E-state index is 8.55. The molecule has 0 aliphatic heterocycles. The molecule has 0 bridgehead atoms. The monoisotopic (exact) mass is 215 g/mol. The zero-order valence-electron chi connectivity index (χ0n) is 10.4. The van der Waals surface area contributed by atoms with Crippen molar-refractivity contribution in [2.75, 3.05) is 19.6 Å². The predicted octanol–water partition coefficient (Wildman–Crippen LogP) is 1.74. The van der Waals surface area contributed by atoms with Crippen molar-refractivity contribution in [1.29, 1.82) is 0 Å². The van der Waals surface area contributed by atoms with Gasteiger partial charge in [-0.15, -0.1) is 0 Å². The van der Waals surface area contributed by atoms with E-state index in [4.69, 9.17) is 10.9 Å². The van der Waals surface area contributed by atoms with Crippen molar-refractivity contribution in [2.45, 2.75) is 34.1 Å². The minimum atomic E-state index is 0.113. The van der Waals surface area contributed by atoms with Crippen molar-refractivity contribution in [3.63, 3.8) is 0 Å². The summed E-state index contributed by atoms with van der Waals surface area (Å²) in [6, 6.07) is 0. The molecule has 0 spiro atoms. The smallest absolute Gasteiger partial charge is 0.143 e. The second kappa shape index (κ2) is 7.51. The number of nitrogens with two attached hydrogens (primary N) is 1.